The molecule has 13 nitrogen and oxygen atoms in total. The fourth-order valence-electron chi connectivity index (χ4n) is 5.31. The van der Waals surface area contributed by atoms with E-state index in [0.29, 0.717) is 44.3 Å². The number of rotatable bonds is 6. The summed E-state index contributed by atoms with van der Waals surface area (Å²) in [7, 11) is 0. The summed E-state index contributed by atoms with van der Waals surface area (Å²) in [5.74, 6) is -6.25. The number of ether oxygens (including phenoxy) is 1. The number of hydrogen-bond acceptors (Lipinski definition) is 8. The van der Waals surface area contributed by atoms with E-state index < -0.39 is 36.3 Å². The number of carbonyl (C=O) groups excluding carboxylic acids is 2. The maximum atomic E-state index is 13.5. The van der Waals surface area contributed by atoms with Gasteiger partial charge in [-0.3, -0.25) is 14.5 Å². The van der Waals surface area contributed by atoms with Crippen molar-refractivity contribution in [3.8, 4) is 0 Å². The van der Waals surface area contributed by atoms with Crippen LogP contribution in [0.4, 0.5) is 32.0 Å². The molecular formula is C28H36F6N4O9. The highest BCUT2D eigenvalue weighted by Gasteiger charge is 2.44. The van der Waals surface area contributed by atoms with Crippen LogP contribution in [0.2, 0.25) is 0 Å². The van der Waals surface area contributed by atoms with Crippen LogP contribution < -0.4 is 11.1 Å². The molecule has 2 saturated heterocycles. The summed E-state index contributed by atoms with van der Waals surface area (Å²) in [5, 5.41) is 26.2. The topological polar surface area (TPSA) is 200 Å². The molecule has 2 amide bonds. The van der Waals surface area contributed by atoms with Gasteiger partial charge in [0.1, 0.15) is 6.04 Å². The summed E-state index contributed by atoms with van der Waals surface area (Å²) in [5.41, 5.74) is 6.49. The molecule has 0 spiro atoms. The van der Waals surface area contributed by atoms with Gasteiger partial charge >= 0.3 is 30.3 Å². The maximum absolute atomic E-state index is 13.5. The summed E-state index contributed by atoms with van der Waals surface area (Å²) in [6, 6.07) is 5.66. The van der Waals surface area contributed by atoms with Gasteiger partial charge in [0.25, 0.3) is 0 Å². The number of aliphatic carboxylic acids is 2. The molecule has 2 aliphatic heterocycles. The fourth-order valence-corrected chi connectivity index (χ4v) is 5.31. The van der Waals surface area contributed by atoms with Crippen LogP contribution in [0.5, 0.6) is 0 Å². The Hall–Kier alpha value is -3.97. The van der Waals surface area contributed by atoms with Crippen molar-refractivity contribution in [3.63, 3.8) is 0 Å². The van der Waals surface area contributed by atoms with E-state index in [0.717, 1.165) is 38.8 Å². The molecule has 2 atom stereocenters. The van der Waals surface area contributed by atoms with E-state index >= 15 is 0 Å². The number of carboxylic acids is 3. The highest BCUT2D eigenvalue weighted by Crippen LogP contribution is 2.33. The molecule has 0 aromatic heterocycles. The molecule has 0 radical (unpaired) electrons. The lowest BCUT2D eigenvalue weighted by molar-refractivity contribution is -0.193. The molecule has 0 bridgehead atoms. The van der Waals surface area contributed by atoms with Crippen LogP contribution in [0.3, 0.4) is 0 Å². The lowest BCUT2D eigenvalue weighted by Crippen LogP contribution is -2.47. The number of nitrogens with zero attached hydrogens (tertiary/aromatic N) is 2. The summed E-state index contributed by atoms with van der Waals surface area (Å²) < 4.78 is 68.9. The number of carboxylic acid groups (broad SMARTS) is 3. The lowest BCUT2D eigenvalue weighted by Gasteiger charge is -2.33. The van der Waals surface area contributed by atoms with Crippen molar-refractivity contribution < 1.29 is 70.4 Å². The van der Waals surface area contributed by atoms with Crippen LogP contribution in [0.25, 0.3) is 0 Å². The minimum Gasteiger partial charge on any atom is -0.478 e. The Morgan fingerprint density at radius 2 is 1.34 bits per heavy atom. The summed E-state index contributed by atoms with van der Waals surface area (Å²) in [4.78, 5) is 59.8. The normalized spacial score (nSPS) is 23.3. The second-order valence-electron chi connectivity index (χ2n) is 11.0. The van der Waals surface area contributed by atoms with Gasteiger partial charge in [-0.2, -0.15) is 26.3 Å². The Kier molecular flexibility index (Phi) is 14.4. The third kappa shape index (κ3) is 12.3. The quantitative estimate of drug-likeness (QED) is 0.276. The van der Waals surface area contributed by atoms with E-state index in [-0.39, 0.29) is 29.3 Å². The first-order valence-corrected chi connectivity index (χ1v) is 14.4. The molecule has 1 saturated carbocycles. The van der Waals surface area contributed by atoms with E-state index in [2.05, 4.69) is 10.2 Å². The van der Waals surface area contributed by atoms with E-state index in [9.17, 15) is 40.7 Å². The largest absolute Gasteiger partial charge is 0.490 e. The van der Waals surface area contributed by atoms with Gasteiger partial charge in [0, 0.05) is 37.3 Å². The first-order chi connectivity index (χ1) is 21.8. The van der Waals surface area contributed by atoms with E-state index in [1.165, 1.54) is 12.1 Å². The van der Waals surface area contributed by atoms with Gasteiger partial charge in [0.05, 0.1) is 18.8 Å². The molecule has 2 heterocycles. The van der Waals surface area contributed by atoms with Crippen LogP contribution >= 0.6 is 0 Å². The average molecular weight is 687 g/mol. The standard InChI is InChI=1S/C24H34N4O5.2C2HF3O2/c25-14-16-1-3-17(4-2-16)23(30)28-15-20(27-9-11-33-12-10-27)13-21(28)22(29)26-19-7-5-18(6-8-19)24(31)32;2*3-2(4,5)1(6)7/h5-8,16-17,20-21H,1-4,9-15,25H2,(H,26,29)(H,31,32);2*(H,6,7)/t16-,17-,20-,21-;;/m0../s1. The molecule has 264 valence electrons. The third-order valence-electron chi connectivity index (χ3n) is 7.84. The molecule has 47 heavy (non-hydrogen) atoms. The van der Waals surface area contributed by atoms with Gasteiger partial charge < -0.3 is 36.0 Å². The van der Waals surface area contributed by atoms with Gasteiger partial charge in [-0.15, -0.1) is 0 Å². The number of aromatic carboxylic acids is 1. The number of nitrogens with one attached hydrogen (secondary N) is 1. The third-order valence-corrected chi connectivity index (χ3v) is 7.84. The summed E-state index contributed by atoms with van der Waals surface area (Å²) >= 11 is 0. The zero-order valence-corrected chi connectivity index (χ0v) is 24.9. The molecule has 1 aromatic carbocycles. The van der Waals surface area contributed by atoms with Crippen LogP contribution in [-0.4, -0.2) is 119 Å². The Balaban J connectivity index is 0.000000459. The van der Waals surface area contributed by atoms with Crippen molar-refractivity contribution in [2.24, 2.45) is 17.6 Å². The second-order valence-corrected chi connectivity index (χ2v) is 11.0. The molecule has 1 aromatic rings. The summed E-state index contributed by atoms with van der Waals surface area (Å²) in [6.07, 6.45) is -6.02. The number of hydrogen-bond donors (Lipinski definition) is 5. The number of halogens is 6. The molecule has 4 rings (SSSR count). The zero-order chi connectivity index (χ0) is 35.5. The van der Waals surface area contributed by atoms with E-state index in [1.54, 1.807) is 17.0 Å². The van der Waals surface area contributed by atoms with Crippen molar-refractivity contribution in [3.05, 3.63) is 29.8 Å². The SMILES string of the molecule is NC[C@H]1CC[C@H](C(=O)N2C[C@@H](N3CCOCC3)C[C@H]2C(=O)Nc2ccc(C(=O)O)cc2)CC1.O=C(O)C(F)(F)F.O=C(O)C(F)(F)F. The number of nitrogens with two attached hydrogens (primary N) is 1. The molecule has 3 aliphatic rings. The van der Waals surface area contributed by atoms with Gasteiger partial charge in [0.15, 0.2) is 0 Å². The number of benzene rings is 1. The predicted molar refractivity (Wildman–Crippen MR) is 150 cm³/mol. The van der Waals surface area contributed by atoms with Gasteiger partial charge in [-0.1, -0.05) is 0 Å². The van der Waals surface area contributed by atoms with Gasteiger partial charge in [-0.25, -0.2) is 14.4 Å². The van der Waals surface area contributed by atoms with Crippen LogP contribution in [0.1, 0.15) is 42.5 Å². The number of morpholine rings is 1. The first kappa shape index (κ1) is 39.2. The molecule has 0 unspecified atom stereocenters. The Morgan fingerprint density at radius 1 is 0.851 bits per heavy atom. The van der Waals surface area contributed by atoms with Crippen LogP contribution in [0.15, 0.2) is 24.3 Å². The molecule has 6 N–H and O–H groups in total. The number of amides is 2. The number of alkyl halides is 6. The smallest absolute Gasteiger partial charge is 0.478 e. The highest BCUT2D eigenvalue weighted by molar-refractivity contribution is 5.98. The number of anilines is 1. The molecule has 1 aliphatic carbocycles. The van der Waals surface area contributed by atoms with Crippen molar-refractivity contribution in [1.29, 1.82) is 0 Å². The zero-order valence-electron chi connectivity index (χ0n) is 24.9. The van der Waals surface area contributed by atoms with E-state index in [4.69, 9.17) is 35.4 Å². The predicted octanol–water partition coefficient (Wildman–Crippen LogP) is 2.66. The van der Waals surface area contributed by atoms with E-state index in [1.807, 2.05) is 0 Å². The summed E-state index contributed by atoms with van der Waals surface area (Å²) in [6.45, 7) is 4.15. The Labute approximate surface area is 264 Å². The lowest BCUT2D eigenvalue weighted by atomic mass is 9.81. The molecule has 3 fully saturated rings. The van der Waals surface area contributed by atoms with Crippen molar-refractivity contribution in [2.45, 2.75) is 56.5 Å². The Bertz CT molecular complexity index is 1210. The van der Waals surface area contributed by atoms with Crippen molar-refractivity contribution in [1.82, 2.24) is 9.80 Å². The van der Waals surface area contributed by atoms with Crippen LogP contribution in [-0.2, 0) is 23.9 Å². The molecular weight excluding hydrogens is 650 g/mol. The van der Waals surface area contributed by atoms with Gasteiger partial charge in [0.2, 0.25) is 11.8 Å². The van der Waals surface area contributed by atoms with Crippen LogP contribution in [0, 0.1) is 11.8 Å². The average Bonchev–Trinajstić information content (AvgIpc) is 3.47. The Morgan fingerprint density at radius 3 is 1.77 bits per heavy atom. The minimum atomic E-state index is -5.08. The first-order valence-electron chi connectivity index (χ1n) is 14.4. The fraction of sp³-hybridized carbons (Fsp3) is 0.607. The number of carbonyl (C=O) groups is 5. The monoisotopic (exact) mass is 686 g/mol. The van der Waals surface area contributed by atoms with Crippen molar-refractivity contribution in [2.75, 3.05) is 44.7 Å². The van der Waals surface area contributed by atoms with Crippen molar-refractivity contribution >= 4 is 35.4 Å². The highest BCUT2D eigenvalue weighted by atomic mass is 19.4. The van der Waals surface area contributed by atoms with Gasteiger partial charge in [-0.05, 0) is 68.8 Å². The second kappa shape index (κ2) is 17.3. The number of likely N-dealkylation sites (tertiary alicyclic amines) is 1. The molecule has 19 heteroatoms. The maximum Gasteiger partial charge on any atom is 0.490 e. The minimum absolute atomic E-state index is 0.0543.